The van der Waals surface area contributed by atoms with Gasteiger partial charge in [-0.3, -0.25) is 0 Å². The number of hydrogen-bond donors (Lipinski definition) is 1. The third-order valence-electron chi connectivity index (χ3n) is 3.65. The zero-order chi connectivity index (χ0) is 11.5. The third kappa shape index (κ3) is 2.49. The summed E-state index contributed by atoms with van der Waals surface area (Å²) >= 11 is 0. The Balaban J connectivity index is 2.15. The second kappa shape index (κ2) is 5.05. The molecule has 1 heterocycles. The zero-order valence-corrected chi connectivity index (χ0v) is 10.6. The summed E-state index contributed by atoms with van der Waals surface area (Å²) in [6.07, 6.45) is 7.28. The second-order valence-electron chi connectivity index (χ2n) is 5.23. The molecule has 1 aliphatic heterocycles. The molecule has 0 aromatic rings. The van der Waals surface area contributed by atoms with Crippen LogP contribution in [0, 0.1) is 5.92 Å². The lowest BCUT2D eigenvalue weighted by molar-refractivity contribution is 0.322. The largest absolute Gasteiger partial charge is 0.349 e. The molecule has 90 valence electrons. The van der Waals surface area contributed by atoms with E-state index < -0.39 is 0 Å². The standard InChI is InChI=1S/C14H24N2/c1-4-16(13-5-6-13)14(11(2)3)12-7-9-15-10-8-12/h4,12-13,15H,1,5-10H2,2-3H3. The lowest BCUT2D eigenvalue weighted by Gasteiger charge is -2.34. The minimum atomic E-state index is 0.741. The SMILES string of the molecule is C=CN(C(=C(C)C)C1CCNCC1)C1CC1. The van der Waals surface area contributed by atoms with Crippen LogP contribution in [-0.2, 0) is 0 Å². The zero-order valence-electron chi connectivity index (χ0n) is 10.6. The Morgan fingerprint density at radius 3 is 2.25 bits per heavy atom. The predicted molar refractivity (Wildman–Crippen MR) is 69.0 cm³/mol. The van der Waals surface area contributed by atoms with Crippen molar-refractivity contribution in [2.24, 2.45) is 5.92 Å². The van der Waals surface area contributed by atoms with Gasteiger partial charge in [-0.1, -0.05) is 12.2 Å². The Bertz CT molecular complexity index is 279. The van der Waals surface area contributed by atoms with Crippen molar-refractivity contribution in [3.63, 3.8) is 0 Å². The van der Waals surface area contributed by atoms with Crippen LogP contribution in [0.15, 0.2) is 24.0 Å². The van der Waals surface area contributed by atoms with E-state index in [0.29, 0.717) is 0 Å². The molecular formula is C14H24N2. The second-order valence-corrected chi connectivity index (χ2v) is 5.23. The van der Waals surface area contributed by atoms with Gasteiger partial charge in [-0.05, 0) is 58.8 Å². The van der Waals surface area contributed by atoms with Crippen LogP contribution < -0.4 is 5.32 Å². The van der Waals surface area contributed by atoms with Crippen molar-refractivity contribution in [2.75, 3.05) is 13.1 Å². The van der Waals surface area contributed by atoms with E-state index in [1.54, 1.807) is 5.70 Å². The first-order valence-electron chi connectivity index (χ1n) is 6.53. The number of nitrogens with one attached hydrogen (secondary N) is 1. The maximum atomic E-state index is 4.00. The van der Waals surface area contributed by atoms with Crippen LogP contribution in [0.3, 0.4) is 0 Å². The summed E-state index contributed by atoms with van der Waals surface area (Å²) in [6.45, 7) is 10.8. The van der Waals surface area contributed by atoms with Crippen molar-refractivity contribution < 1.29 is 0 Å². The van der Waals surface area contributed by atoms with Crippen molar-refractivity contribution in [3.8, 4) is 0 Å². The molecule has 2 aliphatic rings. The first-order chi connectivity index (χ1) is 7.74. The average molecular weight is 220 g/mol. The lowest BCUT2D eigenvalue weighted by atomic mass is 9.91. The molecule has 2 heteroatoms. The van der Waals surface area contributed by atoms with E-state index in [-0.39, 0.29) is 0 Å². The van der Waals surface area contributed by atoms with E-state index in [4.69, 9.17) is 0 Å². The molecule has 1 saturated carbocycles. The summed E-state index contributed by atoms with van der Waals surface area (Å²) in [5.41, 5.74) is 3.03. The molecule has 0 atom stereocenters. The van der Waals surface area contributed by atoms with Crippen LogP contribution in [0.2, 0.25) is 0 Å². The van der Waals surface area contributed by atoms with Crippen molar-refractivity contribution in [2.45, 2.75) is 45.6 Å². The van der Waals surface area contributed by atoms with Gasteiger partial charge in [0.2, 0.25) is 0 Å². The van der Waals surface area contributed by atoms with E-state index >= 15 is 0 Å². The number of hydrogen-bond acceptors (Lipinski definition) is 2. The molecular weight excluding hydrogens is 196 g/mol. The summed E-state index contributed by atoms with van der Waals surface area (Å²) < 4.78 is 0. The molecule has 0 spiro atoms. The summed E-state index contributed by atoms with van der Waals surface area (Å²) in [5.74, 6) is 0.741. The smallest absolute Gasteiger partial charge is 0.0334 e. The van der Waals surface area contributed by atoms with Gasteiger partial charge in [0.1, 0.15) is 0 Å². The van der Waals surface area contributed by atoms with Crippen LogP contribution in [0.4, 0.5) is 0 Å². The van der Waals surface area contributed by atoms with E-state index in [1.807, 2.05) is 6.20 Å². The Kier molecular flexibility index (Phi) is 3.70. The molecule has 2 nitrogen and oxygen atoms in total. The van der Waals surface area contributed by atoms with Gasteiger partial charge in [0.05, 0.1) is 0 Å². The van der Waals surface area contributed by atoms with Gasteiger partial charge >= 0.3 is 0 Å². The molecule has 1 aliphatic carbocycles. The topological polar surface area (TPSA) is 15.3 Å². The van der Waals surface area contributed by atoms with Crippen LogP contribution in [0.1, 0.15) is 39.5 Å². The quantitative estimate of drug-likeness (QED) is 0.783. The summed E-state index contributed by atoms with van der Waals surface area (Å²) in [4.78, 5) is 2.45. The molecule has 0 aromatic carbocycles. The van der Waals surface area contributed by atoms with Gasteiger partial charge in [-0.15, -0.1) is 0 Å². The molecule has 1 N–H and O–H groups in total. The summed E-state index contributed by atoms with van der Waals surface area (Å²) in [6, 6.07) is 0.747. The Morgan fingerprint density at radius 1 is 1.19 bits per heavy atom. The highest BCUT2D eigenvalue weighted by Gasteiger charge is 2.32. The fraction of sp³-hybridized carbons (Fsp3) is 0.714. The Labute approximate surface area is 99.4 Å². The number of piperidine rings is 1. The van der Waals surface area contributed by atoms with E-state index in [2.05, 4.69) is 30.6 Å². The van der Waals surface area contributed by atoms with Crippen molar-refractivity contribution in [1.82, 2.24) is 10.2 Å². The van der Waals surface area contributed by atoms with Gasteiger partial charge in [0, 0.05) is 17.7 Å². The predicted octanol–water partition coefficient (Wildman–Crippen LogP) is 2.89. The summed E-state index contributed by atoms with van der Waals surface area (Å²) in [7, 11) is 0. The average Bonchev–Trinajstić information content (AvgIpc) is 3.10. The van der Waals surface area contributed by atoms with Gasteiger partial charge < -0.3 is 10.2 Å². The normalized spacial score (nSPS) is 21.6. The molecule has 2 fully saturated rings. The Morgan fingerprint density at radius 2 is 1.81 bits per heavy atom. The van der Waals surface area contributed by atoms with Crippen molar-refractivity contribution >= 4 is 0 Å². The molecule has 0 radical (unpaired) electrons. The van der Waals surface area contributed by atoms with Gasteiger partial charge in [-0.25, -0.2) is 0 Å². The van der Waals surface area contributed by atoms with Crippen molar-refractivity contribution in [3.05, 3.63) is 24.0 Å². The fourth-order valence-corrected chi connectivity index (χ4v) is 2.77. The Hall–Kier alpha value is -0.760. The van der Waals surface area contributed by atoms with E-state index in [1.165, 1.54) is 31.3 Å². The monoisotopic (exact) mass is 220 g/mol. The fourth-order valence-electron chi connectivity index (χ4n) is 2.77. The molecule has 0 bridgehead atoms. The maximum absolute atomic E-state index is 4.00. The molecule has 0 amide bonds. The highest BCUT2D eigenvalue weighted by Crippen LogP contribution is 2.36. The first kappa shape index (κ1) is 11.7. The molecule has 2 rings (SSSR count). The van der Waals surface area contributed by atoms with Gasteiger partial charge in [0.25, 0.3) is 0 Å². The van der Waals surface area contributed by atoms with Gasteiger partial charge in [-0.2, -0.15) is 0 Å². The van der Waals surface area contributed by atoms with Crippen LogP contribution in [0.25, 0.3) is 0 Å². The minimum Gasteiger partial charge on any atom is -0.349 e. The number of allylic oxidation sites excluding steroid dienone is 2. The molecule has 0 aromatic heterocycles. The summed E-state index contributed by atoms with van der Waals surface area (Å²) in [5, 5.41) is 3.44. The van der Waals surface area contributed by atoms with Crippen LogP contribution >= 0.6 is 0 Å². The first-order valence-corrected chi connectivity index (χ1v) is 6.53. The van der Waals surface area contributed by atoms with Crippen LogP contribution in [0.5, 0.6) is 0 Å². The molecule has 1 saturated heterocycles. The van der Waals surface area contributed by atoms with E-state index in [0.717, 1.165) is 25.0 Å². The number of nitrogens with zero attached hydrogens (tertiary/aromatic N) is 1. The maximum Gasteiger partial charge on any atom is 0.0334 e. The van der Waals surface area contributed by atoms with Gasteiger partial charge in [0.15, 0.2) is 0 Å². The van der Waals surface area contributed by atoms with E-state index in [9.17, 15) is 0 Å². The van der Waals surface area contributed by atoms with Crippen LogP contribution in [-0.4, -0.2) is 24.0 Å². The molecule has 16 heavy (non-hydrogen) atoms. The van der Waals surface area contributed by atoms with Crippen molar-refractivity contribution in [1.29, 1.82) is 0 Å². The highest BCUT2D eigenvalue weighted by molar-refractivity contribution is 5.18. The third-order valence-corrected chi connectivity index (χ3v) is 3.65. The minimum absolute atomic E-state index is 0.741. The molecule has 0 unspecified atom stereocenters. The number of rotatable bonds is 4. The highest BCUT2D eigenvalue weighted by atomic mass is 15.2. The lowest BCUT2D eigenvalue weighted by Crippen LogP contribution is -2.34.